The Morgan fingerprint density at radius 3 is 2.67 bits per heavy atom. The Labute approximate surface area is 123 Å². The molecule has 1 fully saturated rings. The molecule has 112 valence electrons. The molecule has 1 N–H and O–H groups in total. The molecule has 0 amide bonds. The largest absolute Gasteiger partial charge is 0.494 e. The predicted molar refractivity (Wildman–Crippen MR) is 79.9 cm³/mol. The molecular weight excluding hydrogens is 268 g/mol. The smallest absolute Gasteiger partial charge is 0.340 e. The lowest BCUT2D eigenvalue weighted by molar-refractivity contribution is 0.0602. The number of carbonyl (C=O) groups is 1. The van der Waals surface area contributed by atoms with Crippen LogP contribution in [0, 0.1) is 6.92 Å². The zero-order chi connectivity index (χ0) is 15.0. The number of hydrogen-bond acceptors (Lipinski definition) is 4. The van der Waals surface area contributed by atoms with E-state index >= 15 is 0 Å². The van der Waals surface area contributed by atoms with Gasteiger partial charge in [-0.1, -0.05) is 12.8 Å². The zero-order valence-corrected chi connectivity index (χ0v) is 12.7. The predicted octanol–water partition coefficient (Wildman–Crippen LogP) is 3.32. The van der Waals surface area contributed by atoms with E-state index < -0.39 is 0 Å². The summed E-state index contributed by atoms with van der Waals surface area (Å²) in [4.78, 5) is 20.1. The van der Waals surface area contributed by atoms with E-state index in [0.717, 1.165) is 29.7 Å². The SMILES string of the molecule is COC(=O)c1c(C)cc(OC)c2[nH]c(C3CCCC3)nc12. The third-order valence-corrected chi connectivity index (χ3v) is 4.30. The molecule has 1 aromatic heterocycles. The summed E-state index contributed by atoms with van der Waals surface area (Å²) in [5, 5.41) is 0. The highest BCUT2D eigenvalue weighted by Crippen LogP contribution is 2.36. The van der Waals surface area contributed by atoms with Gasteiger partial charge in [0.1, 0.15) is 22.6 Å². The number of methoxy groups -OCH3 is 2. The number of benzene rings is 1. The summed E-state index contributed by atoms with van der Waals surface area (Å²) in [5.74, 6) is 1.76. The minimum absolute atomic E-state index is 0.357. The van der Waals surface area contributed by atoms with Gasteiger partial charge in [0.2, 0.25) is 0 Å². The summed E-state index contributed by atoms with van der Waals surface area (Å²) < 4.78 is 10.3. The van der Waals surface area contributed by atoms with Gasteiger partial charge in [0, 0.05) is 5.92 Å². The minimum Gasteiger partial charge on any atom is -0.494 e. The summed E-state index contributed by atoms with van der Waals surface area (Å²) in [7, 11) is 3.02. The Morgan fingerprint density at radius 1 is 1.33 bits per heavy atom. The van der Waals surface area contributed by atoms with Crippen molar-refractivity contribution in [2.24, 2.45) is 0 Å². The first kappa shape index (κ1) is 13.9. The maximum absolute atomic E-state index is 12.1. The van der Waals surface area contributed by atoms with Crippen LogP contribution in [0.15, 0.2) is 6.07 Å². The molecule has 0 radical (unpaired) electrons. The average molecular weight is 288 g/mol. The number of hydrogen-bond donors (Lipinski definition) is 1. The number of aromatic nitrogens is 2. The first-order chi connectivity index (χ1) is 10.2. The highest BCUT2D eigenvalue weighted by molar-refractivity contribution is 6.05. The molecule has 1 aliphatic carbocycles. The molecule has 5 nitrogen and oxygen atoms in total. The molecule has 1 heterocycles. The van der Waals surface area contributed by atoms with Crippen molar-refractivity contribution in [1.29, 1.82) is 0 Å². The fourth-order valence-electron chi connectivity index (χ4n) is 3.19. The highest BCUT2D eigenvalue weighted by atomic mass is 16.5. The minimum atomic E-state index is -0.357. The van der Waals surface area contributed by atoms with Crippen LogP contribution < -0.4 is 4.74 Å². The van der Waals surface area contributed by atoms with E-state index in [-0.39, 0.29) is 5.97 Å². The van der Waals surface area contributed by atoms with Crippen LogP contribution in [0.2, 0.25) is 0 Å². The van der Waals surface area contributed by atoms with E-state index in [9.17, 15) is 4.79 Å². The highest BCUT2D eigenvalue weighted by Gasteiger charge is 2.25. The molecule has 1 aromatic carbocycles. The monoisotopic (exact) mass is 288 g/mol. The van der Waals surface area contributed by atoms with Gasteiger partial charge in [-0.15, -0.1) is 0 Å². The maximum atomic E-state index is 12.1. The molecule has 0 spiro atoms. The third kappa shape index (κ3) is 2.26. The van der Waals surface area contributed by atoms with E-state index in [2.05, 4.69) is 4.98 Å². The molecule has 2 aromatic rings. The summed E-state index contributed by atoms with van der Waals surface area (Å²) in [6.45, 7) is 1.87. The van der Waals surface area contributed by atoms with E-state index in [1.807, 2.05) is 13.0 Å². The summed E-state index contributed by atoms with van der Waals surface area (Å²) in [6.07, 6.45) is 4.77. The number of esters is 1. The van der Waals surface area contributed by atoms with Gasteiger partial charge in [0.05, 0.1) is 19.8 Å². The second-order valence-electron chi connectivity index (χ2n) is 5.59. The zero-order valence-electron chi connectivity index (χ0n) is 12.7. The quantitative estimate of drug-likeness (QED) is 0.880. The van der Waals surface area contributed by atoms with Crippen LogP contribution in [0.3, 0.4) is 0 Å². The molecule has 1 saturated carbocycles. The van der Waals surface area contributed by atoms with Gasteiger partial charge in [0.15, 0.2) is 0 Å². The Morgan fingerprint density at radius 2 is 2.05 bits per heavy atom. The molecule has 3 rings (SSSR count). The number of fused-ring (bicyclic) bond motifs is 1. The van der Waals surface area contributed by atoms with Crippen molar-refractivity contribution in [3.63, 3.8) is 0 Å². The summed E-state index contributed by atoms with van der Waals surface area (Å²) in [6, 6.07) is 1.85. The molecule has 0 saturated heterocycles. The van der Waals surface area contributed by atoms with Crippen molar-refractivity contribution in [1.82, 2.24) is 9.97 Å². The Kier molecular flexibility index (Phi) is 3.57. The number of H-pyrrole nitrogens is 1. The first-order valence-electron chi connectivity index (χ1n) is 7.31. The van der Waals surface area contributed by atoms with Crippen LogP contribution in [-0.2, 0) is 4.74 Å². The van der Waals surface area contributed by atoms with E-state index in [0.29, 0.717) is 22.7 Å². The lowest BCUT2D eigenvalue weighted by atomic mass is 10.1. The van der Waals surface area contributed by atoms with Gasteiger partial charge in [-0.3, -0.25) is 0 Å². The van der Waals surface area contributed by atoms with Crippen LogP contribution in [0.5, 0.6) is 5.75 Å². The van der Waals surface area contributed by atoms with Crippen molar-refractivity contribution in [2.75, 3.05) is 14.2 Å². The molecule has 21 heavy (non-hydrogen) atoms. The van der Waals surface area contributed by atoms with Gasteiger partial charge in [-0.2, -0.15) is 0 Å². The van der Waals surface area contributed by atoms with E-state index in [1.165, 1.54) is 20.0 Å². The number of ether oxygens (including phenoxy) is 2. The third-order valence-electron chi connectivity index (χ3n) is 4.30. The van der Waals surface area contributed by atoms with Crippen molar-refractivity contribution in [3.05, 3.63) is 23.0 Å². The van der Waals surface area contributed by atoms with Gasteiger partial charge in [0.25, 0.3) is 0 Å². The maximum Gasteiger partial charge on any atom is 0.340 e. The van der Waals surface area contributed by atoms with Crippen LogP contribution >= 0.6 is 0 Å². The average Bonchev–Trinajstić information content (AvgIpc) is 3.14. The Balaban J connectivity index is 2.22. The van der Waals surface area contributed by atoms with Crippen molar-refractivity contribution in [2.45, 2.75) is 38.5 Å². The van der Waals surface area contributed by atoms with E-state index in [4.69, 9.17) is 14.5 Å². The second-order valence-corrected chi connectivity index (χ2v) is 5.59. The van der Waals surface area contributed by atoms with Gasteiger partial charge in [-0.25, -0.2) is 9.78 Å². The number of imidazole rings is 1. The standard InChI is InChI=1S/C16H20N2O3/c1-9-8-11(20-2)13-14(12(9)16(19)21-3)18-15(17-13)10-6-4-5-7-10/h8,10H,4-7H2,1-3H3,(H,17,18). The van der Waals surface area contributed by atoms with Crippen molar-refractivity contribution in [3.8, 4) is 5.75 Å². The molecule has 0 bridgehead atoms. The van der Waals surface area contributed by atoms with Gasteiger partial charge < -0.3 is 14.5 Å². The van der Waals surface area contributed by atoms with Crippen molar-refractivity contribution < 1.29 is 14.3 Å². The molecule has 0 unspecified atom stereocenters. The molecule has 1 aliphatic rings. The molecular formula is C16H20N2O3. The van der Waals surface area contributed by atoms with Gasteiger partial charge in [-0.05, 0) is 31.4 Å². The van der Waals surface area contributed by atoms with Crippen molar-refractivity contribution >= 4 is 17.0 Å². The molecule has 0 atom stereocenters. The number of carbonyl (C=O) groups excluding carboxylic acids is 1. The normalized spacial score (nSPS) is 15.6. The summed E-state index contributed by atoms with van der Waals surface area (Å²) in [5.41, 5.74) is 2.77. The van der Waals surface area contributed by atoms with Gasteiger partial charge >= 0.3 is 5.97 Å². The lowest BCUT2D eigenvalue weighted by Gasteiger charge is -2.08. The lowest BCUT2D eigenvalue weighted by Crippen LogP contribution is -2.05. The molecule has 5 heteroatoms. The number of aryl methyl sites for hydroxylation is 1. The number of nitrogens with one attached hydrogen (secondary N) is 1. The Hall–Kier alpha value is -2.04. The van der Waals surface area contributed by atoms with Crippen LogP contribution in [0.25, 0.3) is 11.0 Å². The first-order valence-corrected chi connectivity index (χ1v) is 7.31. The fourth-order valence-corrected chi connectivity index (χ4v) is 3.19. The molecule has 0 aliphatic heterocycles. The Bertz CT molecular complexity index is 684. The topological polar surface area (TPSA) is 64.2 Å². The van der Waals surface area contributed by atoms with E-state index in [1.54, 1.807) is 7.11 Å². The number of aromatic amines is 1. The summed E-state index contributed by atoms with van der Waals surface area (Å²) >= 11 is 0. The fraction of sp³-hybridized carbons (Fsp3) is 0.500. The second kappa shape index (κ2) is 5.39. The van der Waals surface area contributed by atoms with Crippen LogP contribution in [-0.4, -0.2) is 30.2 Å². The number of nitrogens with zero attached hydrogens (tertiary/aromatic N) is 1. The van der Waals surface area contributed by atoms with Crippen LogP contribution in [0.1, 0.15) is 53.3 Å². The number of rotatable bonds is 3. The van der Waals surface area contributed by atoms with Crippen LogP contribution in [0.4, 0.5) is 0 Å².